The fourth-order valence-corrected chi connectivity index (χ4v) is 4.17. The molecule has 0 aliphatic carbocycles. The number of hydrogen-bond acceptors (Lipinski definition) is 5. The molecule has 7 nitrogen and oxygen atoms in total. The summed E-state index contributed by atoms with van der Waals surface area (Å²) in [6, 6.07) is 2.04. The van der Waals surface area contributed by atoms with Crippen molar-refractivity contribution in [1.82, 2.24) is 24.6 Å². The lowest BCUT2D eigenvalue weighted by molar-refractivity contribution is -0.131. The van der Waals surface area contributed by atoms with Crippen LogP contribution in [0.4, 0.5) is 5.82 Å². The standard InChI is InChI=1S/C20H28N6O/c1-15-11-16(2)26(23-15)19-14-21-13-18(22-19)24-9-5-17(6-10-24)12-20(27)25-7-3-4-8-25/h11,13-14,17H,3-10,12H2,1-2H3. The molecule has 0 unspecified atom stereocenters. The van der Waals surface area contributed by atoms with E-state index in [0.29, 0.717) is 18.2 Å². The molecule has 2 saturated heterocycles. The van der Waals surface area contributed by atoms with Gasteiger partial charge in [-0.3, -0.25) is 9.78 Å². The largest absolute Gasteiger partial charge is 0.355 e. The Morgan fingerprint density at radius 2 is 1.78 bits per heavy atom. The first kappa shape index (κ1) is 17.9. The predicted octanol–water partition coefficient (Wildman–Crippen LogP) is 2.51. The van der Waals surface area contributed by atoms with Crippen LogP contribution in [0.1, 0.15) is 43.5 Å². The summed E-state index contributed by atoms with van der Waals surface area (Å²) in [4.78, 5) is 25.9. The molecule has 7 heteroatoms. The molecule has 2 aromatic heterocycles. The molecule has 2 fully saturated rings. The lowest BCUT2D eigenvalue weighted by atomic mass is 9.93. The SMILES string of the molecule is Cc1cc(C)n(-c2cncc(N3CCC(CC(=O)N4CCCC4)CC3)n2)n1. The first-order chi connectivity index (χ1) is 13.1. The summed E-state index contributed by atoms with van der Waals surface area (Å²) < 4.78 is 1.84. The van der Waals surface area contributed by atoms with Gasteiger partial charge in [-0.25, -0.2) is 9.67 Å². The molecular weight excluding hydrogens is 340 g/mol. The number of anilines is 1. The molecule has 0 N–H and O–H groups in total. The Labute approximate surface area is 160 Å². The van der Waals surface area contributed by atoms with Crippen LogP contribution in [-0.4, -0.2) is 56.7 Å². The fraction of sp³-hybridized carbons (Fsp3) is 0.600. The number of carbonyl (C=O) groups is 1. The van der Waals surface area contributed by atoms with Crippen molar-refractivity contribution >= 4 is 11.7 Å². The number of amides is 1. The van der Waals surface area contributed by atoms with E-state index in [1.54, 1.807) is 6.20 Å². The van der Waals surface area contributed by atoms with Crippen molar-refractivity contribution in [1.29, 1.82) is 0 Å². The lowest BCUT2D eigenvalue weighted by Crippen LogP contribution is -2.37. The third-order valence-corrected chi connectivity index (χ3v) is 5.70. The molecule has 0 bridgehead atoms. The van der Waals surface area contributed by atoms with Crippen LogP contribution in [-0.2, 0) is 4.79 Å². The van der Waals surface area contributed by atoms with E-state index in [-0.39, 0.29) is 0 Å². The Bertz CT molecular complexity index is 803. The van der Waals surface area contributed by atoms with E-state index in [1.165, 1.54) is 0 Å². The molecule has 2 aliphatic rings. The second kappa shape index (κ2) is 7.66. The van der Waals surface area contributed by atoms with Gasteiger partial charge in [-0.05, 0) is 51.5 Å². The summed E-state index contributed by atoms with van der Waals surface area (Å²) in [5.41, 5.74) is 2.03. The third-order valence-electron chi connectivity index (χ3n) is 5.70. The van der Waals surface area contributed by atoms with Crippen molar-refractivity contribution in [3.8, 4) is 5.82 Å². The number of piperidine rings is 1. The molecule has 0 saturated carbocycles. The maximum atomic E-state index is 12.4. The van der Waals surface area contributed by atoms with Gasteiger partial charge >= 0.3 is 0 Å². The molecule has 1 amide bonds. The Morgan fingerprint density at radius 1 is 1.07 bits per heavy atom. The van der Waals surface area contributed by atoms with Gasteiger partial charge < -0.3 is 9.80 Å². The van der Waals surface area contributed by atoms with Crippen LogP contribution in [0.2, 0.25) is 0 Å². The zero-order chi connectivity index (χ0) is 18.8. The van der Waals surface area contributed by atoms with Gasteiger partial charge in [0, 0.05) is 38.3 Å². The van der Waals surface area contributed by atoms with Gasteiger partial charge in [-0.15, -0.1) is 0 Å². The number of likely N-dealkylation sites (tertiary alicyclic amines) is 1. The van der Waals surface area contributed by atoms with E-state index in [9.17, 15) is 4.79 Å². The molecule has 144 valence electrons. The van der Waals surface area contributed by atoms with Gasteiger partial charge in [0.25, 0.3) is 0 Å². The number of aryl methyl sites for hydroxylation is 2. The number of rotatable bonds is 4. The first-order valence-corrected chi connectivity index (χ1v) is 9.98. The predicted molar refractivity (Wildman–Crippen MR) is 104 cm³/mol. The number of aromatic nitrogens is 4. The Hall–Kier alpha value is -2.44. The van der Waals surface area contributed by atoms with Crippen LogP contribution in [0.15, 0.2) is 18.5 Å². The lowest BCUT2D eigenvalue weighted by Gasteiger charge is -2.33. The van der Waals surface area contributed by atoms with Gasteiger partial charge in [0.05, 0.1) is 18.1 Å². The molecule has 0 spiro atoms. The van der Waals surface area contributed by atoms with E-state index >= 15 is 0 Å². The second-order valence-electron chi connectivity index (χ2n) is 7.80. The van der Waals surface area contributed by atoms with Crippen LogP contribution in [0.5, 0.6) is 0 Å². The molecule has 0 radical (unpaired) electrons. The van der Waals surface area contributed by atoms with Crippen molar-refractivity contribution in [2.45, 2.75) is 46.0 Å². The highest BCUT2D eigenvalue weighted by molar-refractivity contribution is 5.76. The van der Waals surface area contributed by atoms with Crippen LogP contribution >= 0.6 is 0 Å². The van der Waals surface area contributed by atoms with Crippen molar-refractivity contribution in [2.24, 2.45) is 5.92 Å². The maximum absolute atomic E-state index is 12.4. The monoisotopic (exact) mass is 368 g/mol. The maximum Gasteiger partial charge on any atom is 0.222 e. The third kappa shape index (κ3) is 3.96. The van der Waals surface area contributed by atoms with Crippen molar-refractivity contribution in [2.75, 3.05) is 31.1 Å². The van der Waals surface area contributed by atoms with E-state index < -0.39 is 0 Å². The Kier molecular flexibility index (Phi) is 5.09. The average molecular weight is 368 g/mol. The molecule has 27 heavy (non-hydrogen) atoms. The van der Waals surface area contributed by atoms with Crippen molar-refractivity contribution in [3.63, 3.8) is 0 Å². The second-order valence-corrected chi connectivity index (χ2v) is 7.80. The highest BCUT2D eigenvalue weighted by atomic mass is 16.2. The number of hydrogen-bond donors (Lipinski definition) is 0. The summed E-state index contributed by atoms with van der Waals surface area (Å²) in [7, 11) is 0. The van der Waals surface area contributed by atoms with Gasteiger partial charge in [-0.1, -0.05) is 0 Å². The molecule has 0 atom stereocenters. The van der Waals surface area contributed by atoms with Crippen molar-refractivity contribution in [3.05, 3.63) is 29.8 Å². The fourth-order valence-electron chi connectivity index (χ4n) is 4.17. The van der Waals surface area contributed by atoms with E-state index in [4.69, 9.17) is 4.98 Å². The highest BCUT2D eigenvalue weighted by Gasteiger charge is 2.26. The van der Waals surface area contributed by atoms with E-state index in [0.717, 1.165) is 74.9 Å². The minimum absolute atomic E-state index is 0.345. The molecule has 0 aromatic carbocycles. The van der Waals surface area contributed by atoms with Gasteiger partial charge in [-0.2, -0.15) is 5.10 Å². The quantitative estimate of drug-likeness (QED) is 0.829. The van der Waals surface area contributed by atoms with Gasteiger partial charge in [0.2, 0.25) is 5.91 Å². The summed E-state index contributed by atoms with van der Waals surface area (Å²) >= 11 is 0. The molecule has 4 rings (SSSR count). The average Bonchev–Trinajstić information content (AvgIpc) is 3.32. The minimum atomic E-state index is 0.345. The highest BCUT2D eigenvalue weighted by Crippen LogP contribution is 2.25. The summed E-state index contributed by atoms with van der Waals surface area (Å²) in [6.07, 6.45) is 8.67. The summed E-state index contributed by atoms with van der Waals surface area (Å²) in [5.74, 6) is 2.48. The minimum Gasteiger partial charge on any atom is -0.355 e. The van der Waals surface area contributed by atoms with Crippen LogP contribution in [0.3, 0.4) is 0 Å². The Balaban J connectivity index is 1.37. The summed E-state index contributed by atoms with van der Waals surface area (Å²) in [5, 5.41) is 4.50. The van der Waals surface area contributed by atoms with E-state index in [2.05, 4.69) is 15.0 Å². The molecule has 2 aliphatic heterocycles. The number of carbonyl (C=O) groups excluding carboxylic acids is 1. The smallest absolute Gasteiger partial charge is 0.222 e. The van der Waals surface area contributed by atoms with Crippen LogP contribution in [0, 0.1) is 19.8 Å². The van der Waals surface area contributed by atoms with Crippen LogP contribution < -0.4 is 4.90 Å². The Morgan fingerprint density at radius 3 is 2.44 bits per heavy atom. The molecular formula is C20H28N6O. The van der Waals surface area contributed by atoms with Crippen LogP contribution in [0.25, 0.3) is 5.82 Å². The first-order valence-electron chi connectivity index (χ1n) is 9.98. The van der Waals surface area contributed by atoms with E-state index in [1.807, 2.05) is 35.7 Å². The zero-order valence-electron chi connectivity index (χ0n) is 16.3. The van der Waals surface area contributed by atoms with Gasteiger partial charge in [0.15, 0.2) is 5.82 Å². The topological polar surface area (TPSA) is 67.2 Å². The number of nitrogens with zero attached hydrogens (tertiary/aromatic N) is 6. The van der Waals surface area contributed by atoms with Gasteiger partial charge in [0.1, 0.15) is 5.82 Å². The zero-order valence-corrected chi connectivity index (χ0v) is 16.3. The van der Waals surface area contributed by atoms with Crippen molar-refractivity contribution < 1.29 is 4.79 Å². The molecule has 4 heterocycles. The molecule has 2 aromatic rings. The normalized spacial score (nSPS) is 18.3. The summed E-state index contributed by atoms with van der Waals surface area (Å²) in [6.45, 7) is 7.76.